The second-order valence-corrected chi connectivity index (χ2v) is 2.05. The largest absolute Gasteiger partial charge is 0.507 e. The van der Waals surface area contributed by atoms with Crippen molar-refractivity contribution in [2.75, 3.05) is 0 Å². The first-order valence-electron chi connectivity index (χ1n) is 3.02. The molecule has 10 heavy (non-hydrogen) atoms. The SMILES string of the molecule is [CH2]c1cccc(O)c1C=C. The van der Waals surface area contributed by atoms with Crippen molar-refractivity contribution in [3.05, 3.63) is 42.8 Å². The van der Waals surface area contributed by atoms with E-state index in [1.54, 1.807) is 18.2 Å². The van der Waals surface area contributed by atoms with Gasteiger partial charge in [-0.25, -0.2) is 0 Å². The fourth-order valence-electron chi connectivity index (χ4n) is 0.835. The predicted octanol–water partition coefficient (Wildman–Crippen LogP) is 2.22. The number of phenolic OH excluding ortho intramolecular Hbond substituents is 1. The maximum absolute atomic E-state index is 9.18. The highest BCUT2D eigenvalue weighted by molar-refractivity contribution is 5.60. The summed E-state index contributed by atoms with van der Waals surface area (Å²) in [5.74, 6) is 0.238. The first-order valence-corrected chi connectivity index (χ1v) is 3.02. The van der Waals surface area contributed by atoms with Crippen molar-refractivity contribution in [1.82, 2.24) is 0 Å². The van der Waals surface area contributed by atoms with Crippen LogP contribution < -0.4 is 0 Å². The van der Waals surface area contributed by atoms with Gasteiger partial charge < -0.3 is 5.11 Å². The van der Waals surface area contributed by atoms with Crippen LogP contribution in [0.2, 0.25) is 0 Å². The molecular formula is C9H9O. The number of benzene rings is 1. The van der Waals surface area contributed by atoms with Gasteiger partial charge in [0, 0.05) is 5.56 Å². The van der Waals surface area contributed by atoms with Crippen molar-refractivity contribution in [2.24, 2.45) is 0 Å². The molecule has 0 atom stereocenters. The van der Waals surface area contributed by atoms with Gasteiger partial charge in [-0.2, -0.15) is 0 Å². The van der Waals surface area contributed by atoms with Gasteiger partial charge in [-0.15, -0.1) is 0 Å². The number of aromatic hydroxyl groups is 1. The highest BCUT2D eigenvalue weighted by Gasteiger charge is 1.97. The minimum Gasteiger partial charge on any atom is -0.507 e. The van der Waals surface area contributed by atoms with Gasteiger partial charge >= 0.3 is 0 Å². The van der Waals surface area contributed by atoms with E-state index >= 15 is 0 Å². The van der Waals surface area contributed by atoms with Crippen molar-refractivity contribution >= 4 is 6.08 Å². The Hall–Kier alpha value is -1.24. The van der Waals surface area contributed by atoms with Crippen LogP contribution in [0.4, 0.5) is 0 Å². The number of rotatable bonds is 1. The lowest BCUT2D eigenvalue weighted by molar-refractivity contribution is 0.474. The predicted molar refractivity (Wildman–Crippen MR) is 42.7 cm³/mol. The monoisotopic (exact) mass is 133 g/mol. The molecule has 1 nitrogen and oxygen atoms in total. The quantitative estimate of drug-likeness (QED) is 0.622. The Labute approximate surface area is 60.6 Å². The highest BCUT2D eigenvalue weighted by atomic mass is 16.3. The third-order valence-corrected chi connectivity index (χ3v) is 1.38. The summed E-state index contributed by atoms with van der Waals surface area (Å²) in [5.41, 5.74) is 1.51. The minimum atomic E-state index is 0.238. The van der Waals surface area contributed by atoms with Crippen molar-refractivity contribution in [2.45, 2.75) is 0 Å². The molecule has 1 N–H and O–H groups in total. The second kappa shape index (κ2) is 2.56. The maximum Gasteiger partial charge on any atom is 0.123 e. The van der Waals surface area contributed by atoms with Crippen LogP contribution in [0, 0.1) is 6.92 Å². The van der Waals surface area contributed by atoms with Crippen molar-refractivity contribution in [3.63, 3.8) is 0 Å². The van der Waals surface area contributed by atoms with E-state index in [0.29, 0.717) is 5.56 Å². The van der Waals surface area contributed by atoms with Crippen LogP contribution in [0.1, 0.15) is 11.1 Å². The Bertz CT molecular complexity index is 231. The summed E-state index contributed by atoms with van der Waals surface area (Å²) in [7, 11) is 0. The summed E-state index contributed by atoms with van der Waals surface area (Å²) in [5, 5.41) is 9.18. The smallest absolute Gasteiger partial charge is 0.123 e. The minimum absolute atomic E-state index is 0.238. The van der Waals surface area contributed by atoms with Crippen LogP contribution >= 0.6 is 0 Å². The van der Waals surface area contributed by atoms with Gasteiger partial charge in [0.15, 0.2) is 0 Å². The third kappa shape index (κ3) is 1.03. The third-order valence-electron chi connectivity index (χ3n) is 1.38. The topological polar surface area (TPSA) is 20.2 Å². The van der Waals surface area contributed by atoms with Gasteiger partial charge in [0.25, 0.3) is 0 Å². The zero-order chi connectivity index (χ0) is 7.56. The fraction of sp³-hybridized carbons (Fsp3) is 0. The first-order chi connectivity index (χ1) is 4.75. The summed E-state index contributed by atoms with van der Waals surface area (Å²) in [6, 6.07) is 5.20. The average molecular weight is 133 g/mol. The Morgan fingerprint density at radius 1 is 1.40 bits per heavy atom. The van der Waals surface area contributed by atoms with E-state index in [-0.39, 0.29) is 5.75 Å². The molecule has 0 aliphatic rings. The lowest BCUT2D eigenvalue weighted by Gasteiger charge is -2.00. The summed E-state index contributed by atoms with van der Waals surface area (Å²) >= 11 is 0. The first kappa shape index (κ1) is 6.87. The van der Waals surface area contributed by atoms with Crippen LogP contribution in [0.25, 0.3) is 6.08 Å². The maximum atomic E-state index is 9.18. The molecule has 0 aromatic heterocycles. The zero-order valence-corrected chi connectivity index (χ0v) is 5.67. The standard InChI is InChI=1S/C9H9O/c1-3-8-7(2)5-4-6-9(8)10/h3-6,10H,1-2H2. The van der Waals surface area contributed by atoms with Crippen molar-refractivity contribution in [3.8, 4) is 5.75 Å². The molecule has 1 aromatic rings. The average Bonchev–Trinajstić information content (AvgIpc) is 1.88. The molecule has 1 heteroatoms. The zero-order valence-electron chi connectivity index (χ0n) is 5.67. The van der Waals surface area contributed by atoms with Gasteiger partial charge in [0.05, 0.1) is 0 Å². The molecule has 1 aromatic carbocycles. The van der Waals surface area contributed by atoms with E-state index in [9.17, 15) is 5.11 Å². The summed E-state index contributed by atoms with van der Waals surface area (Å²) in [4.78, 5) is 0. The van der Waals surface area contributed by atoms with Crippen LogP contribution in [0.15, 0.2) is 24.8 Å². The van der Waals surface area contributed by atoms with Gasteiger partial charge in [-0.05, 0) is 18.6 Å². The molecule has 51 valence electrons. The Balaban J connectivity index is 3.30. The van der Waals surface area contributed by atoms with E-state index in [1.165, 1.54) is 0 Å². The Morgan fingerprint density at radius 3 is 2.50 bits per heavy atom. The van der Waals surface area contributed by atoms with Gasteiger partial charge in [0.2, 0.25) is 0 Å². The lowest BCUT2D eigenvalue weighted by atomic mass is 10.1. The van der Waals surface area contributed by atoms with Crippen LogP contribution in [0.5, 0.6) is 5.75 Å². The molecule has 0 saturated carbocycles. The van der Waals surface area contributed by atoms with E-state index in [1.807, 2.05) is 6.07 Å². The van der Waals surface area contributed by atoms with E-state index in [4.69, 9.17) is 0 Å². The molecule has 0 aliphatic heterocycles. The molecule has 0 unspecified atom stereocenters. The molecule has 0 aliphatic carbocycles. The molecule has 0 fully saturated rings. The summed E-state index contributed by atoms with van der Waals surface area (Å²) in [6.07, 6.45) is 1.59. The molecule has 1 rings (SSSR count). The fourth-order valence-corrected chi connectivity index (χ4v) is 0.835. The molecule has 0 saturated heterocycles. The summed E-state index contributed by atoms with van der Waals surface area (Å²) < 4.78 is 0. The summed E-state index contributed by atoms with van der Waals surface area (Å²) in [6.45, 7) is 7.27. The van der Waals surface area contributed by atoms with E-state index in [2.05, 4.69) is 13.5 Å². The lowest BCUT2D eigenvalue weighted by Crippen LogP contribution is -1.78. The van der Waals surface area contributed by atoms with Crippen LogP contribution in [0.3, 0.4) is 0 Å². The number of phenols is 1. The van der Waals surface area contributed by atoms with Crippen molar-refractivity contribution < 1.29 is 5.11 Å². The molecule has 0 spiro atoms. The Morgan fingerprint density at radius 2 is 2.10 bits per heavy atom. The molecular weight excluding hydrogens is 124 g/mol. The van der Waals surface area contributed by atoms with Crippen molar-refractivity contribution in [1.29, 1.82) is 0 Å². The molecule has 0 heterocycles. The van der Waals surface area contributed by atoms with Crippen LogP contribution in [-0.4, -0.2) is 5.11 Å². The second-order valence-electron chi connectivity index (χ2n) is 2.05. The normalized spacial score (nSPS) is 9.30. The molecule has 1 radical (unpaired) electrons. The number of hydrogen-bond acceptors (Lipinski definition) is 1. The highest BCUT2D eigenvalue weighted by Crippen LogP contribution is 2.20. The number of hydrogen-bond donors (Lipinski definition) is 1. The van der Waals surface area contributed by atoms with Gasteiger partial charge in [0.1, 0.15) is 5.75 Å². The molecule has 0 amide bonds. The van der Waals surface area contributed by atoms with Gasteiger partial charge in [-0.3, -0.25) is 0 Å². The van der Waals surface area contributed by atoms with Gasteiger partial charge in [-0.1, -0.05) is 24.8 Å². The van der Waals surface area contributed by atoms with E-state index in [0.717, 1.165) is 5.56 Å². The van der Waals surface area contributed by atoms with E-state index < -0.39 is 0 Å². The van der Waals surface area contributed by atoms with Crippen LogP contribution in [-0.2, 0) is 0 Å². The Kier molecular flexibility index (Phi) is 1.76. The molecule has 0 bridgehead atoms.